The minimum absolute atomic E-state index is 0.132. The first kappa shape index (κ1) is 16.5. The van der Waals surface area contributed by atoms with Crippen LogP contribution in [0.2, 0.25) is 5.15 Å². The van der Waals surface area contributed by atoms with Gasteiger partial charge in [-0.3, -0.25) is 4.90 Å². The van der Waals surface area contributed by atoms with Crippen LogP contribution in [-0.4, -0.2) is 51.7 Å². The summed E-state index contributed by atoms with van der Waals surface area (Å²) >= 11 is 6.23. The molecule has 2 aromatic heterocycles. The maximum atomic E-state index is 6.23. The SMILES string of the molecule is CC(C)c1nc(Cl)cc2c1nc(N1CCN(C)C(C)(C)C1)n2C. The Balaban J connectivity index is 2.09. The molecule has 1 saturated heterocycles. The van der Waals surface area contributed by atoms with Crippen LogP contribution in [0.1, 0.15) is 39.3 Å². The van der Waals surface area contributed by atoms with Crippen molar-refractivity contribution in [3.05, 3.63) is 16.9 Å². The van der Waals surface area contributed by atoms with Crippen LogP contribution in [0.25, 0.3) is 11.0 Å². The predicted octanol–water partition coefficient (Wildman–Crippen LogP) is 3.28. The number of aryl methyl sites for hydroxylation is 1. The van der Waals surface area contributed by atoms with Gasteiger partial charge in [-0.15, -0.1) is 0 Å². The van der Waals surface area contributed by atoms with E-state index >= 15 is 0 Å². The summed E-state index contributed by atoms with van der Waals surface area (Å²) in [6.07, 6.45) is 0. The maximum Gasteiger partial charge on any atom is 0.206 e. The molecule has 126 valence electrons. The minimum atomic E-state index is 0.132. The van der Waals surface area contributed by atoms with Gasteiger partial charge in [0.2, 0.25) is 5.95 Å². The Morgan fingerprint density at radius 1 is 1.17 bits per heavy atom. The predicted molar refractivity (Wildman–Crippen MR) is 96.5 cm³/mol. The Labute approximate surface area is 143 Å². The quantitative estimate of drug-likeness (QED) is 0.789. The second-order valence-electron chi connectivity index (χ2n) is 7.48. The molecule has 3 heterocycles. The Morgan fingerprint density at radius 3 is 2.48 bits per heavy atom. The van der Waals surface area contributed by atoms with E-state index in [2.05, 4.69) is 61.1 Å². The minimum Gasteiger partial charge on any atom is -0.339 e. The van der Waals surface area contributed by atoms with E-state index in [1.165, 1.54) is 0 Å². The van der Waals surface area contributed by atoms with Crippen LogP contribution in [0.4, 0.5) is 5.95 Å². The average molecular weight is 336 g/mol. The highest BCUT2D eigenvalue weighted by Gasteiger charge is 2.33. The van der Waals surface area contributed by atoms with Crippen molar-refractivity contribution >= 4 is 28.6 Å². The number of fused-ring (bicyclic) bond motifs is 1. The van der Waals surface area contributed by atoms with E-state index in [0.717, 1.165) is 42.3 Å². The average Bonchev–Trinajstić information content (AvgIpc) is 2.78. The third-order valence-corrected chi connectivity index (χ3v) is 5.18. The number of imidazole rings is 1. The number of halogens is 1. The summed E-state index contributed by atoms with van der Waals surface area (Å²) in [5.74, 6) is 1.30. The van der Waals surface area contributed by atoms with E-state index in [9.17, 15) is 0 Å². The van der Waals surface area contributed by atoms with Crippen LogP contribution in [0.5, 0.6) is 0 Å². The van der Waals surface area contributed by atoms with Crippen molar-refractivity contribution in [3.8, 4) is 0 Å². The van der Waals surface area contributed by atoms with E-state index in [1.807, 2.05) is 6.07 Å². The summed E-state index contributed by atoms with van der Waals surface area (Å²) < 4.78 is 2.15. The molecule has 0 atom stereocenters. The van der Waals surface area contributed by atoms with Gasteiger partial charge in [-0.2, -0.15) is 0 Å². The first-order valence-electron chi connectivity index (χ1n) is 8.20. The fourth-order valence-corrected chi connectivity index (χ4v) is 3.46. The molecule has 0 amide bonds. The second kappa shape index (κ2) is 5.64. The van der Waals surface area contributed by atoms with Gasteiger partial charge in [0.1, 0.15) is 10.7 Å². The molecule has 0 unspecified atom stereocenters. The van der Waals surface area contributed by atoms with Crippen LogP contribution in [0, 0.1) is 0 Å². The van der Waals surface area contributed by atoms with Crippen molar-refractivity contribution in [2.75, 3.05) is 31.6 Å². The zero-order valence-electron chi connectivity index (χ0n) is 14.9. The number of pyridine rings is 1. The number of nitrogens with zero attached hydrogens (tertiary/aromatic N) is 5. The summed E-state index contributed by atoms with van der Waals surface area (Å²) in [4.78, 5) is 14.2. The molecule has 5 nitrogen and oxygen atoms in total. The first-order valence-corrected chi connectivity index (χ1v) is 8.57. The van der Waals surface area contributed by atoms with E-state index in [-0.39, 0.29) is 5.54 Å². The molecule has 0 aliphatic carbocycles. The van der Waals surface area contributed by atoms with Crippen LogP contribution in [0.3, 0.4) is 0 Å². The zero-order chi connectivity index (χ0) is 16.9. The van der Waals surface area contributed by atoms with Crippen molar-refractivity contribution in [2.24, 2.45) is 7.05 Å². The largest absolute Gasteiger partial charge is 0.339 e. The lowest BCUT2D eigenvalue weighted by Crippen LogP contribution is -2.58. The molecular formula is C17H26ClN5. The Morgan fingerprint density at radius 2 is 1.87 bits per heavy atom. The maximum absolute atomic E-state index is 6.23. The molecule has 1 fully saturated rings. The second-order valence-corrected chi connectivity index (χ2v) is 7.87. The lowest BCUT2D eigenvalue weighted by atomic mass is 10.0. The van der Waals surface area contributed by atoms with E-state index in [1.54, 1.807) is 0 Å². The van der Waals surface area contributed by atoms with Gasteiger partial charge in [0.15, 0.2) is 0 Å². The molecular weight excluding hydrogens is 310 g/mol. The van der Waals surface area contributed by atoms with Crippen molar-refractivity contribution in [3.63, 3.8) is 0 Å². The molecule has 3 rings (SSSR count). The van der Waals surface area contributed by atoms with Gasteiger partial charge in [0, 0.05) is 38.3 Å². The van der Waals surface area contributed by atoms with Crippen LogP contribution >= 0.6 is 11.6 Å². The number of piperazine rings is 1. The fourth-order valence-electron chi connectivity index (χ4n) is 3.26. The molecule has 1 aliphatic heterocycles. The lowest BCUT2D eigenvalue weighted by Gasteiger charge is -2.45. The van der Waals surface area contributed by atoms with Crippen molar-refractivity contribution in [1.29, 1.82) is 0 Å². The van der Waals surface area contributed by atoms with Gasteiger partial charge in [-0.05, 0) is 26.8 Å². The van der Waals surface area contributed by atoms with E-state index < -0.39 is 0 Å². The van der Waals surface area contributed by atoms with Crippen LogP contribution in [0.15, 0.2) is 6.07 Å². The number of likely N-dealkylation sites (N-methyl/N-ethyl adjacent to an activating group) is 1. The zero-order valence-corrected chi connectivity index (χ0v) is 15.6. The lowest BCUT2D eigenvalue weighted by molar-refractivity contribution is 0.137. The van der Waals surface area contributed by atoms with E-state index in [4.69, 9.17) is 16.6 Å². The van der Waals surface area contributed by atoms with Crippen LogP contribution < -0.4 is 4.90 Å². The van der Waals surface area contributed by atoms with Gasteiger partial charge in [0.05, 0.1) is 11.2 Å². The number of hydrogen-bond acceptors (Lipinski definition) is 4. The highest BCUT2D eigenvalue weighted by atomic mass is 35.5. The normalized spacial score (nSPS) is 19.0. The Bertz CT molecular complexity index is 734. The fraction of sp³-hybridized carbons (Fsp3) is 0.647. The molecule has 0 bridgehead atoms. The smallest absolute Gasteiger partial charge is 0.206 e. The standard InChI is InChI=1S/C17H26ClN5/c1-11(2)14-15-12(9-13(18)19-14)22(6)16(20-15)23-8-7-21(5)17(3,4)10-23/h9,11H,7-8,10H2,1-6H3. The van der Waals surface area contributed by atoms with Gasteiger partial charge in [-0.25, -0.2) is 9.97 Å². The van der Waals surface area contributed by atoms with Gasteiger partial charge in [-0.1, -0.05) is 25.4 Å². The number of anilines is 1. The Hall–Kier alpha value is -1.33. The van der Waals surface area contributed by atoms with Crippen LogP contribution in [-0.2, 0) is 7.05 Å². The molecule has 0 saturated carbocycles. The highest BCUT2D eigenvalue weighted by Crippen LogP contribution is 2.31. The number of hydrogen-bond donors (Lipinski definition) is 0. The third kappa shape index (κ3) is 2.81. The van der Waals surface area contributed by atoms with Crippen molar-refractivity contribution in [2.45, 2.75) is 39.2 Å². The van der Waals surface area contributed by atoms with E-state index in [0.29, 0.717) is 11.1 Å². The van der Waals surface area contributed by atoms with Gasteiger partial charge in [0.25, 0.3) is 0 Å². The molecule has 0 radical (unpaired) electrons. The van der Waals surface area contributed by atoms with Gasteiger partial charge >= 0.3 is 0 Å². The van der Waals surface area contributed by atoms with Gasteiger partial charge < -0.3 is 9.47 Å². The summed E-state index contributed by atoms with van der Waals surface area (Å²) in [7, 11) is 4.25. The molecule has 2 aromatic rings. The summed E-state index contributed by atoms with van der Waals surface area (Å²) in [6, 6.07) is 1.92. The summed E-state index contributed by atoms with van der Waals surface area (Å²) in [5.41, 5.74) is 3.13. The Kier molecular flexibility index (Phi) is 4.05. The monoisotopic (exact) mass is 335 g/mol. The number of rotatable bonds is 2. The molecule has 23 heavy (non-hydrogen) atoms. The molecule has 1 aliphatic rings. The topological polar surface area (TPSA) is 37.2 Å². The van der Waals surface area contributed by atoms with Crippen molar-refractivity contribution < 1.29 is 0 Å². The molecule has 0 N–H and O–H groups in total. The summed E-state index contributed by atoms with van der Waals surface area (Å²) in [6.45, 7) is 11.8. The summed E-state index contributed by atoms with van der Waals surface area (Å²) in [5, 5.41) is 0.537. The molecule has 0 spiro atoms. The van der Waals surface area contributed by atoms with Crippen molar-refractivity contribution in [1.82, 2.24) is 19.4 Å². The number of aromatic nitrogens is 3. The molecule has 6 heteroatoms. The highest BCUT2D eigenvalue weighted by molar-refractivity contribution is 6.30. The molecule has 0 aromatic carbocycles. The first-order chi connectivity index (χ1) is 10.7. The third-order valence-electron chi connectivity index (χ3n) is 4.99.